The molecule has 0 bridgehead atoms. The first kappa shape index (κ1) is 16.2. The fraction of sp³-hybridized carbons (Fsp3) is 0.188. The molecular weight excluding hydrogens is 433 g/mol. The zero-order valence-electron chi connectivity index (χ0n) is 12.0. The average molecular weight is 446 g/mol. The highest BCUT2D eigenvalue weighted by Gasteiger charge is 2.16. The molecule has 2 aromatic carbocycles. The Labute approximate surface area is 152 Å². The van der Waals surface area contributed by atoms with Crippen molar-refractivity contribution in [2.24, 2.45) is 0 Å². The number of hydrogen-bond donors (Lipinski definition) is 1. The molecule has 1 aliphatic rings. The normalized spacial score (nSPS) is 12.6. The second kappa shape index (κ2) is 7.27. The summed E-state index contributed by atoms with van der Waals surface area (Å²) in [6.45, 7) is 0.849. The Kier molecular flexibility index (Phi) is 5.12. The Balaban J connectivity index is 1.62. The third-order valence-electron chi connectivity index (χ3n) is 3.09. The molecule has 0 aliphatic carbocycles. The second-order valence-electron chi connectivity index (χ2n) is 4.77. The van der Waals surface area contributed by atoms with Crippen molar-refractivity contribution in [3.63, 3.8) is 0 Å². The van der Waals surface area contributed by atoms with Crippen LogP contribution in [0.1, 0.15) is 0 Å². The fourth-order valence-electron chi connectivity index (χ4n) is 2.03. The minimum atomic E-state index is -0.304. The van der Waals surface area contributed by atoms with Crippen LogP contribution in [-0.4, -0.2) is 25.7 Å². The molecule has 0 atom stereocenters. The van der Waals surface area contributed by atoms with E-state index in [4.69, 9.17) is 25.8 Å². The fourth-order valence-corrected chi connectivity index (χ4v) is 2.59. The molecule has 1 aliphatic heterocycles. The van der Waals surface area contributed by atoms with Gasteiger partial charge in [0.1, 0.15) is 19.0 Å². The predicted octanol–water partition coefficient (Wildman–Crippen LogP) is 3.73. The lowest BCUT2D eigenvalue weighted by atomic mass is 10.2. The highest BCUT2D eigenvalue weighted by atomic mass is 127. The molecule has 7 heteroatoms. The quantitative estimate of drug-likeness (QED) is 0.729. The van der Waals surface area contributed by atoms with Gasteiger partial charge in [-0.15, -0.1) is 0 Å². The van der Waals surface area contributed by atoms with Crippen LogP contribution in [0.15, 0.2) is 36.4 Å². The number of anilines is 1. The van der Waals surface area contributed by atoms with E-state index >= 15 is 0 Å². The molecule has 0 aromatic heterocycles. The number of benzene rings is 2. The highest BCUT2D eigenvalue weighted by molar-refractivity contribution is 14.1. The van der Waals surface area contributed by atoms with Gasteiger partial charge in [-0.3, -0.25) is 4.79 Å². The molecule has 2 aromatic rings. The molecule has 3 rings (SSSR count). The van der Waals surface area contributed by atoms with Crippen LogP contribution in [0.3, 0.4) is 0 Å². The molecule has 0 unspecified atom stereocenters. The average Bonchev–Trinajstić information content (AvgIpc) is 2.55. The van der Waals surface area contributed by atoms with Crippen molar-refractivity contribution in [2.45, 2.75) is 0 Å². The third kappa shape index (κ3) is 4.20. The van der Waals surface area contributed by atoms with E-state index in [-0.39, 0.29) is 12.5 Å². The maximum absolute atomic E-state index is 12.0. The maximum Gasteiger partial charge on any atom is 0.262 e. The summed E-state index contributed by atoms with van der Waals surface area (Å²) in [5.41, 5.74) is 0.465. The van der Waals surface area contributed by atoms with Crippen molar-refractivity contribution in [1.29, 1.82) is 0 Å². The lowest BCUT2D eigenvalue weighted by molar-refractivity contribution is -0.118. The number of carbonyl (C=O) groups excluding carboxylic acids is 1. The van der Waals surface area contributed by atoms with Crippen molar-refractivity contribution in [3.05, 3.63) is 45.0 Å². The summed E-state index contributed by atoms with van der Waals surface area (Å²) in [5.74, 6) is 1.47. The molecule has 5 nitrogen and oxygen atoms in total. The predicted molar refractivity (Wildman–Crippen MR) is 95.7 cm³/mol. The summed E-state index contributed by atoms with van der Waals surface area (Å²) in [4.78, 5) is 12.0. The lowest BCUT2D eigenvalue weighted by Gasteiger charge is -2.20. The maximum atomic E-state index is 12.0. The molecular formula is C16H13ClINO4. The van der Waals surface area contributed by atoms with Crippen LogP contribution in [0.25, 0.3) is 0 Å². The van der Waals surface area contributed by atoms with Gasteiger partial charge < -0.3 is 19.5 Å². The topological polar surface area (TPSA) is 56.8 Å². The number of halogens is 2. The molecule has 1 amide bonds. The first-order valence-corrected chi connectivity index (χ1v) is 8.35. The number of carbonyl (C=O) groups is 1. The van der Waals surface area contributed by atoms with Crippen LogP contribution >= 0.6 is 34.2 Å². The van der Waals surface area contributed by atoms with Gasteiger partial charge in [0, 0.05) is 15.7 Å². The zero-order valence-corrected chi connectivity index (χ0v) is 14.9. The van der Waals surface area contributed by atoms with E-state index in [2.05, 4.69) is 27.9 Å². The van der Waals surface area contributed by atoms with Gasteiger partial charge in [-0.2, -0.15) is 0 Å². The number of amides is 1. The first-order chi connectivity index (χ1) is 11.1. The summed E-state index contributed by atoms with van der Waals surface area (Å²) in [5, 5.41) is 3.10. The lowest BCUT2D eigenvalue weighted by Crippen LogP contribution is -2.21. The molecule has 0 radical (unpaired) electrons. The second-order valence-corrected chi connectivity index (χ2v) is 6.42. The van der Waals surface area contributed by atoms with Crippen molar-refractivity contribution in [2.75, 3.05) is 25.1 Å². The van der Waals surface area contributed by atoms with E-state index in [0.717, 1.165) is 3.57 Å². The Morgan fingerprint density at radius 2 is 1.83 bits per heavy atom. The van der Waals surface area contributed by atoms with Crippen LogP contribution in [0.4, 0.5) is 5.69 Å². The van der Waals surface area contributed by atoms with E-state index in [0.29, 0.717) is 41.2 Å². The van der Waals surface area contributed by atoms with Crippen LogP contribution in [0.2, 0.25) is 5.02 Å². The van der Waals surface area contributed by atoms with Gasteiger partial charge in [0.05, 0.1) is 10.7 Å². The number of ether oxygens (including phenoxy) is 3. The van der Waals surface area contributed by atoms with E-state index in [1.54, 1.807) is 12.1 Å². The Hall–Kier alpha value is -1.67. The largest absolute Gasteiger partial charge is 0.486 e. The summed E-state index contributed by atoms with van der Waals surface area (Å²) in [7, 11) is 0. The SMILES string of the molecule is O=C(COc1ccc(I)cc1)Nc1cc2c(cc1Cl)OCCO2. The van der Waals surface area contributed by atoms with Gasteiger partial charge in [0.15, 0.2) is 18.1 Å². The molecule has 0 fully saturated rings. The van der Waals surface area contributed by atoms with Gasteiger partial charge in [0.2, 0.25) is 0 Å². The third-order valence-corrected chi connectivity index (χ3v) is 4.12. The highest BCUT2D eigenvalue weighted by Crippen LogP contribution is 2.37. The van der Waals surface area contributed by atoms with E-state index in [1.807, 2.05) is 24.3 Å². The van der Waals surface area contributed by atoms with Gasteiger partial charge >= 0.3 is 0 Å². The standard InChI is InChI=1S/C16H13ClINO4/c17-12-7-14-15(22-6-5-21-14)8-13(12)19-16(20)9-23-11-3-1-10(18)2-4-11/h1-4,7-8H,5-6,9H2,(H,19,20). The summed E-state index contributed by atoms with van der Waals surface area (Å²) < 4.78 is 17.4. The Morgan fingerprint density at radius 1 is 1.17 bits per heavy atom. The van der Waals surface area contributed by atoms with Crippen LogP contribution in [-0.2, 0) is 4.79 Å². The van der Waals surface area contributed by atoms with Crippen LogP contribution < -0.4 is 19.5 Å². The van der Waals surface area contributed by atoms with E-state index in [1.165, 1.54) is 0 Å². The van der Waals surface area contributed by atoms with Crippen LogP contribution in [0, 0.1) is 3.57 Å². The first-order valence-electron chi connectivity index (χ1n) is 6.89. The molecule has 1 heterocycles. The van der Waals surface area contributed by atoms with Gasteiger partial charge in [-0.25, -0.2) is 0 Å². The minimum absolute atomic E-state index is 0.106. The summed E-state index contributed by atoms with van der Waals surface area (Å²) in [6.07, 6.45) is 0. The molecule has 0 saturated carbocycles. The number of rotatable bonds is 4. The van der Waals surface area contributed by atoms with E-state index in [9.17, 15) is 4.79 Å². The molecule has 23 heavy (non-hydrogen) atoms. The van der Waals surface area contributed by atoms with Gasteiger partial charge in [-0.05, 0) is 46.9 Å². The summed E-state index contributed by atoms with van der Waals surface area (Å²) >= 11 is 8.35. The molecule has 0 spiro atoms. The zero-order chi connectivity index (χ0) is 16.2. The van der Waals surface area contributed by atoms with Gasteiger partial charge in [-0.1, -0.05) is 11.6 Å². The molecule has 120 valence electrons. The molecule has 0 saturated heterocycles. The number of fused-ring (bicyclic) bond motifs is 1. The van der Waals surface area contributed by atoms with Crippen molar-refractivity contribution in [1.82, 2.24) is 0 Å². The monoisotopic (exact) mass is 445 g/mol. The number of hydrogen-bond acceptors (Lipinski definition) is 4. The summed E-state index contributed by atoms with van der Waals surface area (Å²) in [6, 6.07) is 10.7. The van der Waals surface area contributed by atoms with Crippen molar-refractivity contribution in [3.8, 4) is 17.2 Å². The van der Waals surface area contributed by atoms with Gasteiger partial charge in [0.25, 0.3) is 5.91 Å². The van der Waals surface area contributed by atoms with Crippen molar-refractivity contribution >= 4 is 45.8 Å². The Morgan fingerprint density at radius 3 is 2.52 bits per heavy atom. The minimum Gasteiger partial charge on any atom is -0.486 e. The molecule has 1 N–H and O–H groups in total. The number of nitrogens with one attached hydrogen (secondary N) is 1. The smallest absolute Gasteiger partial charge is 0.262 e. The van der Waals surface area contributed by atoms with E-state index < -0.39 is 0 Å². The van der Waals surface area contributed by atoms with Crippen LogP contribution in [0.5, 0.6) is 17.2 Å². The van der Waals surface area contributed by atoms with Crippen molar-refractivity contribution < 1.29 is 19.0 Å². The Bertz CT molecular complexity index is 721.